The first kappa shape index (κ1) is 18.7. The topological polar surface area (TPSA) is 26.0 Å². The smallest absolute Gasteiger partial charge is 0.00983 e. The first-order chi connectivity index (χ1) is 11.6. The molecule has 6 atom stereocenters. The molecule has 0 amide bonds. The van der Waals surface area contributed by atoms with Crippen molar-refractivity contribution >= 4 is 0 Å². The van der Waals surface area contributed by atoms with E-state index >= 15 is 0 Å². The summed E-state index contributed by atoms with van der Waals surface area (Å²) in [5, 5.41) is 0. The van der Waals surface area contributed by atoms with Gasteiger partial charge in [0.2, 0.25) is 0 Å². The molecule has 3 fully saturated rings. The fraction of sp³-hybridized carbons (Fsp3) is 1.00. The van der Waals surface area contributed by atoms with Crippen molar-refractivity contribution in [2.75, 3.05) is 0 Å². The van der Waals surface area contributed by atoms with Crippen LogP contribution in [-0.4, -0.2) is 6.04 Å². The lowest BCUT2D eigenvalue weighted by Gasteiger charge is -2.58. The van der Waals surface area contributed by atoms with Gasteiger partial charge in [-0.3, -0.25) is 0 Å². The van der Waals surface area contributed by atoms with Crippen molar-refractivity contribution in [3.05, 3.63) is 0 Å². The third-order valence-electron chi connectivity index (χ3n) is 8.83. The van der Waals surface area contributed by atoms with E-state index in [4.69, 9.17) is 5.73 Å². The summed E-state index contributed by atoms with van der Waals surface area (Å²) in [6, 6.07) is 0.483. The van der Waals surface area contributed by atoms with Crippen LogP contribution in [0.15, 0.2) is 0 Å². The molecule has 0 radical (unpaired) electrons. The second-order valence-electron chi connectivity index (χ2n) is 9.80. The molecule has 0 aliphatic heterocycles. The van der Waals surface area contributed by atoms with Gasteiger partial charge in [-0.15, -0.1) is 0 Å². The lowest BCUT2D eigenvalue weighted by Crippen LogP contribution is -2.55. The first-order valence-corrected chi connectivity index (χ1v) is 11.4. The van der Waals surface area contributed by atoms with E-state index in [0.29, 0.717) is 11.5 Å². The van der Waals surface area contributed by atoms with Gasteiger partial charge in [0, 0.05) is 6.04 Å². The average molecular weight is 334 g/mol. The monoisotopic (exact) mass is 333 g/mol. The molecule has 140 valence electrons. The zero-order valence-corrected chi connectivity index (χ0v) is 16.7. The highest BCUT2D eigenvalue weighted by atomic mass is 14.7. The Kier molecular flexibility index (Phi) is 6.33. The number of hydrogen-bond donors (Lipinski definition) is 1. The highest BCUT2D eigenvalue weighted by Gasteiger charge is 2.52. The van der Waals surface area contributed by atoms with Crippen molar-refractivity contribution in [2.24, 2.45) is 40.7 Å². The van der Waals surface area contributed by atoms with Crippen LogP contribution in [0.5, 0.6) is 0 Å². The highest BCUT2D eigenvalue weighted by Crippen LogP contribution is 2.58. The van der Waals surface area contributed by atoms with Crippen LogP contribution in [0.3, 0.4) is 0 Å². The van der Waals surface area contributed by atoms with E-state index in [0.717, 1.165) is 29.6 Å². The van der Waals surface area contributed by atoms with Crippen LogP contribution in [0.25, 0.3) is 0 Å². The maximum atomic E-state index is 6.79. The van der Waals surface area contributed by atoms with Crippen molar-refractivity contribution in [1.29, 1.82) is 0 Å². The van der Waals surface area contributed by atoms with Gasteiger partial charge in [0.1, 0.15) is 0 Å². The lowest BCUT2D eigenvalue weighted by molar-refractivity contribution is -0.0692. The van der Waals surface area contributed by atoms with E-state index in [1.54, 1.807) is 0 Å². The normalized spacial score (nSPS) is 40.8. The van der Waals surface area contributed by atoms with Crippen LogP contribution >= 0.6 is 0 Å². The summed E-state index contributed by atoms with van der Waals surface area (Å²) in [6.45, 7) is 7.57. The van der Waals surface area contributed by atoms with Crippen molar-refractivity contribution in [2.45, 2.75) is 110 Å². The second kappa shape index (κ2) is 8.11. The molecule has 0 aromatic carbocycles. The predicted octanol–water partition coefficient (Wildman–Crippen LogP) is 6.55. The number of nitrogens with two attached hydrogens (primary N) is 1. The Morgan fingerprint density at radius 1 is 0.875 bits per heavy atom. The molecule has 4 unspecified atom stereocenters. The maximum Gasteiger partial charge on any atom is 0.00983 e. The molecule has 24 heavy (non-hydrogen) atoms. The van der Waals surface area contributed by atoms with Crippen LogP contribution in [0.2, 0.25) is 0 Å². The SMILES string of the molecule is CCCC1(C2CC[C@H]2C(C)C(C)C2CCCCC2)CCCC[C@@H]1N. The first-order valence-electron chi connectivity index (χ1n) is 11.4. The average Bonchev–Trinajstić information content (AvgIpc) is 2.57. The van der Waals surface area contributed by atoms with E-state index in [1.165, 1.54) is 83.5 Å². The van der Waals surface area contributed by atoms with Gasteiger partial charge >= 0.3 is 0 Å². The van der Waals surface area contributed by atoms with Gasteiger partial charge in [-0.1, -0.05) is 72.1 Å². The summed E-state index contributed by atoms with van der Waals surface area (Å²) < 4.78 is 0. The Morgan fingerprint density at radius 2 is 1.58 bits per heavy atom. The van der Waals surface area contributed by atoms with Crippen LogP contribution < -0.4 is 5.73 Å². The predicted molar refractivity (Wildman–Crippen MR) is 105 cm³/mol. The van der Waals surface area contributed by atoms with Gasteiger partial charge in [-0.2, -0.15) is 0 Å². The minimum atomic E-state index is 0.483. The van der Waals surface area contributed by atoms with Gasteiger partial charge in [0.05, 0.1) is 0 Å². The zero-order valence-electron chi connectivity index (χ0n) is 16.7. The molecule has 2 N–H and O–H groups in total. The standard InChI is InChI=1S/C23H43N/c1-4-15-23(16-9-8-12-22(23)24)21-14-13-20(21)18(3)17(2)19-10-6-5-7-11-19/h17-22H,4-16,24H2,1-3H3/t17?,18?,20-,21?,22-,23?/m0/s1. The molecule has 3 aliphatic rings. The molecule has 0 heterocycles. The third kappa shape index (κ3) is 3.44. The van der Waals surface area contributed by atoms with Crippen LogP contribution in [0.4, 0.5) is 0 Å². The van der Waals surface area contributed by atoms with Gasteiger partial charge in [0.15, 0.2) is 0 Å². The molecule has 0 saturated heterocycles. The molecule has 0 aromatic heterocycles. The van der Waals surface area contributed by atoms with E-state index in [2.05, 4.69) is 20.8 Å². The summed E-state index contributed by atoms with van der Waals surface area (Å²) in [5.41, 5.74) is 7.29. The maximum absolute atomic E-state index is 6.79. The summed E-state index contributed by atoms with van der Waals surface area (Å²) in [6.07, 6.45) is 18.7. The summed E-state index contributed by atoms with van der Waals surface area (Å²) in [4.78, 5) is 0. The number of hydrogen-bond acceptors (Lipinski definition) is 1. The summed E-state index contributed by atoms with van der Waals surface area (Å²) >= 11 is 0. The fourth-order valence-electron chi connectivity index (χ4n) is 7.06. The van der Waals surface area contributed by atoms with Crippen molar-refractivity contribution in [3.8, 4) is 0 Å². The molecule has 1 heteroatoms. The van der Waals surface area contributed by atoms with Crippen molar-refractivity contribution < 1.29 is 0 Å². The minimum absolute atomic E-state index is 0.483. The number of rotatable bonds is 6. The molecular formula is C23H43N. The molecule has 0 spiro atoms. The molecule has 0 bridgehead atoms. The minimum Gasteiger partial charge on any atom is -0.327 e. The second-order valence-corrected chi connectivity index (χ2v) is 9.80. The molecular weight excluding hydrogens is 290 g/mol. The quantitative estimate of drug-likeness (QED) is 0.585. The Hall–Kier alpha value is -0.0400. The fourth-order valence-corrected chi connectivity index (χ4v) is 7.06. The van der Waals surface area contributed by atoms with Gasteiger partial charge in [0.25, 0.3) is 0 Å². The van der Waals surface area contributed by atoms with Crippen molar-refractivity contribution in [1.82, 2.24) is 0 Å². The van der Waals surface area contributed by atoms with Crippen molar-refractivity contribution in [3.63, 3.8) is 0 Å². The van der Waals surface area contributed by atoms with E-state index in [1.807, 2.05) is 0 Å². The van der Waals surface area contributed by atoms with Crippen LogP contribution in [0.1, 0.15) is 104 Å². The Balaban J connectivity index is 1.69. The molecule has 3 saturated carbocycles. The van der Waals surface area contributed by atoms with Crippen LogP contribution in [0, 0.1) is 35.0 Å². The highest BCUT2D eigenvalue weighted by molar-refractivity contribution is 5.04. The summed E-state index contributed by atoms with van der Waals surface area (Å²) in [5.74, 6) is 4.76. The Bertz CT molecular complexity index is 381. The van der Waals surface area contributed by atoms with E-state index in [-0.39, 0.29) is 0 Å². The zero-order chi connectivity index (χ0) is 17.2. The molecule has 0 aromatic rings. The molecule has 3 aliphatic carbocycles. The van der Waals surface area contributed by atoms with Crippen LogP contribution in [-0.2, 0) is 0 Å². The van der Waals surface area contributed by atoms with Gasteiger partial charge in [-0.05, 0) is 67.1 Å². The third-order valence-corrected chi connectivity index (χ3v) is 8.83. The summed E-state index contributed by atoms with van der Waals surface area (Å²) in [7, 11) is 0. The Morgan fingerprint density at radius 3 is 2.17 bits per heavy atom. The lowest BCUT2D eigenvalue weighted by atomic mass is 9.48. The van der Waals surface area contributed by atoms with E-state index < -0.39 is 0 Å². The Labute approximate surface area is 151 Å². The van der Waals surface area contributed by atoms with Gasteiger partial charge < -0.3 is 5.73 Å². The largest absolute Gasteiger partial charge is 0.327 e. The molecule has 3 rings (SSSR count). The van der Waals surface area contributed by atoms with E-state index in [9.17, 15) is 0 Å². The molecule has 1 nitrogen and oxygen atoms in total. The van der Waals surface area contributed by atoms with Gasteiger partial charge in [-0.25, -0.2) is 0 Å².